The van der Waals surface area contributed by atoms with Crippen LogP contribution in [0.3, 0.4) is 0 Å². The van der Waals surface area contributed by atoms with E-state index in [1.165, 1.54) is 23.5 Å². The van der Waals surface area contributed by atoms with Crippen molar-refractivity contribution in [3.05, 3.63) is 35.5 Å². The van der Waals surface area contributed by atoms with Crippen molar-refractivity contribution >= 4 is 34.8 Å². The van der Waals surface area contributed by atoms with Crippen molar-refractivity contribution in [2.24, 2.45) is 0 Å². The molecule has 1 aliphatic rings. The first kappa shape index (κ1) is 18.8. The van der Waals surface area contributed by atoms with Crippen LogP contribution in [0.2, 0.25) is 0 Å². The van der Waals surface area contributed by atoms with Gasteiger partial charge in [-0.15, -0.1) is 23.7 Å². The van der Waals surface area contributed by atoms with Gasteiger partial charge >= 0.3 is 0 Å². The SMILES string of the molecule is COC1(C(=O)Nc2nc(-c3cccc(F)c3)cs2)CCNCC1.Cl. The minimum atomic E-state index is -0.810. The molecule has 1 aliphatic heterocycles. The van der Waals surface area contributed by atoms with Gasteiger partial charge in [-0.25, -0.2) is 9.37 Å². The standard InChI is InChI=1S/C16H18FN3O2S.ClH/c1-22-16(5-7-18-8-6-16)14(21)20-15-19-13(10-23-15)11-3-2-4-12(17)9-11;/h2-4,9-10,18H,5-8H2,1H3,(H,19,20,21);1H. The van der Waals surface area contributed by atoms with Crippen LogP contribution in [-0.4, -0.2) is 36.7 Å². The van der Waals surface area contributed by atoms with Crippen LogP contribution >= 0.6 is 23.7 Å². The van der Waals surface area contributed by atoms with Crippen molar-refractivity contribution in [2.45, 2.75) is 18.4 Å². The third-order valence-electron chi connectivity index (χ3n) is 4.06. The third-order valence-corrected chi connectivity index (χ3v) is 4.82. The van der Waals surface area contributed by atoms with E-state index in [0.717, 1.165) is 13.1 Å². The van der Waals surface area contributed by atoms with E-state index < -0.39 is 5.60 Å². The molecule has 2 N–H and O–H groups in total. The number of aromatic nitrogens is 1. The van der Waals surface area contributed by atoms with E-state index in [1.54, 1.807) is 24.6 Å². The van der Waals surface area contributed by atoms with Crippen molar-refractivity contribution in [3.8, 4) is 11.3 Å². The molecule has 1 saturated heterocycles. The maximum Gasteiger partial charge on any atom is 0.258 e. The van der Waals surface area contributed by atoms with E-state index in [-0.39, 0.29) is 24.1 Å². The zero-order valence-corrected chi connectivity index (χ0v) is 14.8. The van der Waals surface area contributed by atoms with Crippen molar-refractivity contribution in [1.29, 1.82) is 0 Å². The first-order valence-corrected chi connectivity index (χ1v) is 8.30. The number of nitrogens with one attached hydrogen (secondary N) is 2. The van der Waals surface area contributed by atoms with E-state index >= 15 is 0 Å². The highest BCUT2D eigenvalue weighted by atomic mass is 35.5. The molecule has 0 spiro atoms. The van der Waals surface area contributed by atoms with Gasteiger partial charge in [0.15, 0.2) is 5.13 Å². The summed E-state index contributed by atoms with van der Waals surface area (Å²) in [6.45, 7) is 1.49. The first-order chi connectivity index (χ1) is 11.1. The van der Waals surface area contributed by atoms with Gasteiger partial charge in [0.25, 0.3) is 5.91 Å². The van der Waals surface area contributed by atoms with Gasteiger partial charge in [0, 0.05) is 18.1 Å². The predicted octanol–water partition coefficient (Wildman–Crippen LogP) is 3.08. The van der Waals surface area contributed by atoms with E-state index in [0.29, 0.717) is 29.2 Å². The Morgan fingerprint density at radius 1 is 1.42 bits per heavy atom. The number of thiazole rings is 1. The summed E-state index contributed by atoms with van der Waals surface area (Å²) in [6, 6.07) is 6.23. The van der Waals surface area contributed by atoms with E-state index in [1.807, 2.05) is 0 Å². The molecule has 1 aromatic carbocycles. The lowest BCUT2D eigenvalue weighted by atomic mass is 9.91. The fourth-order valence-corrected chi connectivity index (χ4v) is 3.39. The molecule has 0 atom stereocenters. The molecule has 24 heavy (non-hydrogen) atoms. The summed E-state index contributed by atoms with van der Waals surface area (Å²) >= 11 is 1.32. The Balaban J connectivity index is 0.00000208. The number of methoxy groups -OCH3 is 1. The smallest absolute Gasteiger partial charge is 0.258 e. The van der Waals surface area contributed by atoms with Crippen LogP contribution in [0.4, 0.5) is 9.52 Å². The molecule has 3 rings (SSSR count). The molecule has 1 amide bonds. The Kier molecular flexibility index (Phi) is 6.28. The van der Waals surface area contributed by atoms with Crippen molar-refractivity contribution < 1.29 is 13.9 Å². The number of benzene rings is 1. The summed E-state index contributed by atoms with van der Waals surface area (Å²) in [5.41, 5.74) is 0.516. The molecule has 2 aromatic rings. The Morgan fingerprint density at radius 3 is 2.83 bits per heavy atom. The zero-order chi connectivity index (χ0) is 16.3. The number of hydrogen-bond acceptors (Lipinski definition) is 5. The summed E-state index contributed by atoms with van der Waals surface area (Å²) in [7, 11) is 1.56. The number of hydrogen-bond donors (Lipinski definition) is 2. The molecule has 130 valence electrons. The summed E-state index contributed by atoms with van der Waals surface area (Å²) in [4.78, 5) is 16.9. The van der Waals surface area contributed by atoms with Gasteiger partial charge in [-0.1, -0.05) is 12.1 Å². The summed E-state index contributed by atoms with van der Waals surface area (Å²) in [5, 5.41) is 8.33. The highest BCUT2D eigenvalue weighted by Gasteiger charge is 2.40. The molecule has 0 saturated carbocycles. The molecular formula is C16H19ClFN3O2S. The lowest BCUT2D eigenvalue weighted by Crippen LogP contribution is -2.51. The van der Waals surface area contributed by atoms with Gasteiger partial charge in [-0.05, 0) is 38.1 Å². The van der Waals surface area contributed by atoms with E-state index in [2.05, 4.69) is 15.6 Å². The molecule has 1 fully saturated rings. The van der Waals surface area contributed by atoms with Crippen molar-refractivity contribution in [2.75, 3.05) is 25.5 Å². The normalized spacial score (nSPS) is 16.2. The number of amides is 1. The van der Waals surface area contributed by atoms with Crippen LogP contribution in [0.5, 0.6) is 0 Å². The second-order valence-electron chi connectivity index (χ2n) is 5.45. The number of piperidine rings is 1. The third kappa shape index (κ3) is 3.92. The minimum absolute atomic E-state index is 0. The second kappa shape index (κ2) is 8.02. The molecule has 0 radical (unpaired) electrons. The molecule has 0 aliphatic carbocycles. The molecular weight excluding hydrogens is 353 g/mol. The molecule has 2 heterocycles. The van der Waals surface area contributed by atoms with Gasteiger partial charge < -0.3 is 10.1 Å². The fraction of sp³-hybridized carbons (Fsp3) is 0.375. The quantitative estimate of drug-likeness (QED) is 0.867. The van der Waals surface area contributed by atoms with Crippen LogP contribution in [0, 0.1) is 5.82 Å². The van der Waals surface area contributed by atoms with Crippen LogP contribution in [0.1, 0.15) is 12.8 Å². The Morgan fingerprint density at radius 2 is 2.17 bits per heavy atom. The van der Waals surface area contributed by atoms with Crippen LogP contribution < -0.4 is 10.6 Å². The maximum absolute atomic E-state index is 13.3. The number of ether oxygens (including phenoxy) is 1. The molecule has 0 bridgehead atoms. The number of nitrogens with zero attached hydrogens (tertiary/aromatic N) is 1. The van der Waals surface area contributed by atoms with E-state index in [4.69, 9.17) is 4.74 Å². The van der Waals surface area contributed by atoms with Gasteiger partial charge in [-0.2, -0.15) is 0 Å². The highest BCUT2D eigenvalue weighted by Crippen LogP contribution is 2.28. The molecule has 8 heteroatoms. The Labute approximate surface area is 150 Å². The highest BCUT2D eigenvalue weighted by molar-refractivity contribution is 7.14. The number of carbonyl (C=O) groups excluding carboxylic acids is 1. The predicted molar refractivity (Wildman–Crippen MR) is 95.2 cm³/mol. The van der Waals surface area contributed by atoms with Gasteiger partial charge in [0.1, 0.15) is 11.4 Å². The van der Waals surface area contributed by atoms with Crippen LogP contribution in [0.25, 0.3) is 11.3 Å². The molecule has 0 unspecified atom stereocenters. The van der Waals surface area contributed by atoms with E-state index in [9.17, 15) is 9.18 Å². The Hall–Kier alpha value is -1.54. The monoisotopic (exact) mass is 371 g/mol. The molecule has 1 aromatic heterocycles. The van der Waals surface area contributed by atoms with Crippen LogP contribution in [0.15, 0.2) is 29.6 Å². The lowest BCUT2D eigenvalue weighted by molar-refractivity contribution is -0.140. The topological polar surface area (TPSA) is 63.2 Å². The average Bonchev–Trinajstić information content (AvgIpc) is 3.04. The molecule has 5 nitrogen and oxygen atoms in total. The maximum atomic E-state index is 13.3. The average molecular weight is 372 g/mol. The second-order valence-corrected chi connectivity index (χ2v) is 6.31. The summed E-state index contributed by atoms with van der Waals surface area (Å²) < 4.78 is 18.8. The minimum Gasteiger partial charge on any atom is -0.368 e. The van der Waals surface area contributed by atoms with Crippen LogP contribution in [-0.2, 0) is 9.53 Å². The number of halogens is 2. The summed E-state index contributed by atoms with van der Waals surface area (Å²) in [5.74, 6) is -0.490. The Bertz CT molecular complexity index is 704. The number of carbonyl (C=O) groups is 1. The zero-order valence-electron chi connectivity index (χ0n) is 13.2. The largest absolute Gasteiger partial charge is 0.368 e. The van der Waals surface area contributed by atoms with Crippen molar-refractivity contribution in [3.63, 3.8) is 0 Å². The summed E-state index contributed by atoms with van der Waals surface area (Å²) in [6.07, 6.45) is 1.24. The van der Waals surface area contributed by atoms with Gasteiger partial charge in [0.2, 0.25) is 0 Å². The van der Waals surface area contributed by atoms with Gasteiger partial charge in [0.05, 0.1) is 5.69 Å². The number of anilines is 1. The lowest BCUT2D eigenvalue weighted by Gasteiger charge is -2.34. The number of rotatable bonds is 4. The van der Waals surface area contributed by atoms with Gasteiger partial charge in [-0.3, -0.25) is 10.1 Å². The fourth-order valence-electron chi connectivity index (χ4n) is 2.68. The van der Waals surface area contributed by atoms with Crippen molar-refractivity contribution in [1.82, 2.24) is 10.3 Å². The first-order valence-electron chi connectivity index (χ1n) is 7.42.